The summed E-state index contributed by atoms with van der Waals surface area (Å²) in [6, 6.07) is 10.6. The molecule has 2 aromatic rings. The number of hydrogen-bond donors (Lipinski definition) is 1. The van der Waals surface area contributed by atoms with Crippen molar-refractivity contribution in [2.24, 2.45) is 0 Å². The van der Waals surface area contributed by atoms with E-state index in [0.29, 0.717) is 5.69 Å². The topological polar surface area (TPSA) is 54.9 Å². The second-order valence-corrected chi connectivity index (χ2v) is 3.37. The van der Waals surface area contributed by atoms with E-state index in [2.05, 4.69) is 15.3 Å². The maximum atomic E-state index is 11.7. The zero-order chi connectivity index (χ0) is 11.4. The summed E-state index contributed by atoms with van der Waals surface area (Å²) >= 11 is 5.59. The van der Waals surface area contributed by atoms with Crippen LogP contribution in [0, 0.1) is 0 Å². The van der Waals surface area contributed by atoms with Crippen molar-refractivity contribution < 1.29 is 4.79 Å². The fourth-order valence-corrected chi connectivity index (χ4v) is 1.33. The van der Waals surface area contributed by atoms with Crippen molar-refractivity contribution in [3.8, 4) is 0 Å². The molecule has 0 bridgehead atoms. The summed E-state index contributed by atoms with van der Waals surface area (Å²) in [6.07, 6.45) is 1.44. The highest BCUT2D eigenvalue weighted by Gasteiger charge is 2.07. The van der Waals surface area contributed by atoms with Gasteiger partial charge in [0.05, 0.1) is 0 Å². The quantitative estimate of drug-likeness (QED) is 0.811. The number of anilines is 1. The molecule has 0 aliphatic carbocycles. The molecule has 4 nitrogen and oxygen atoms in total. The van der Waals surface area contributed by atoms with E-state index in [-0.39, 0.29) is 16.9 Å². The van der Waals surface area contributed by atoms with Gasteiger partial charge in [-0.1, -0.05) is 18.2 Å². The molecule has 0 aliphatic heterocycles. The minimum absolute atomic E-state index is 0.0562. The van der Waals surface area contributed by atoms with Crippen molar-refractivity contribution in [3.63, 3.8) is 0 Å². The Bertz CT molecular complexity index is 502. The first-order valence-corrected chi connectivity index (χ1v) is 4.98. The smallest absolute Gasteiger partial charge is 0.274 e. The van der Waals surface area contributed by atoms with Crippen molar-refractivity contribution in [2.45, 2.75) is 0 Å². The van der Waals surface area contributed by atoms with E-state index in [1.54, 1.807) is 12.1 Å². The number of rotatable bonds is 2. The fourth-order valence-electron chi connectivity index (χ4n) is 1.18. The molecule has 80 valence electrons. The van der Waals surface area contributed by atoms with Crippen LogP contribution in [0.2, 0.25) is 5.28 Å². The summed E-state index contributed by atoms with van der Waals surface area (Å²) < 4.78 is 0. The van der Waals surface area contributed by atoms with Gasteiger partial charge in [-0.2, -0.15) is 0 Å². The SMILES string of the molecule is O=C(Nc1ccccc1)c1ccnc(Cl)n1. The molecule has 5 heteroatoms. The van der Waals surface area contributed by atoms with Crippen LogP contribution < -0.4 is 5.32 Å². The number of nitrogens with zero attached hydrogens (tertiary/aromatic N) is 2. The van der Waals surface area contributed by atoms with Crippen molar-refractivity contribution in [1.82, 2.24) is 9.97 Å². The summed E-state index contributed by atoms with van der Waals surface area (Å²) in [5.74, 6) is -0.310. The van der Waals surface area contributed by atoms with E-state index in [9.17, 15) is 4.79 Å². The van der Waals surface area contributed by atoms with E-state index < -0.39 is 0 Å². The number of carbonyl (C=O) groups is 1. The first-order chi connectivity index (χ1) is 7.75. The zero-order valence-electron chi connectivity index (χ0n) is 8.22. The highest BCUT2D eigenvalue weighted by molar-refractivity contribution is 6.28. The van der Waals surface area contributed by atoms with Crippen LogP contribution in [-0.2, 0) is 0 Å². The molecule has 0 aliphatic rings. The second kappa shape index (κ2) is 4.72. The number of nitrogens with one attached hydrogen (secondary N) is 1. The van der Waals surface area contributed by atoms with Gasteiger partial charge < -0.3 is 5.32 Å². The van der Waals surface area contributed by atoms with E-state index >= 15 is 0 Å². The van der Waals surface area contributed by atoms with E-state index in [1.807, 2.05) is 18.2 Å². The van der Waals surface area contributed by atoms with Gasteiger partial charge in [-0.15, -0.1) is 0 Å². The third-order valence-corrected chi connectivity index (χ3v) is 2.07. The number of halogens is 1. The molecule has 0 unspecified atom stereocenters. The molecule has 2 rings (SSSR count). The Balaban J connectivity index is 2.15. The second-order valence-electron chi connectivity index (χ2n) is 3.03. The normalized spacial score (nSPS) is 9.81. The lowest BCUT2D eigenvalue weighted by molar-refractivity contribution is 0.102. The Labute approximate surface area is 97.3 Å². The van der Waals surface area contributed by atoms with Crippen LogP contribution in [0.25, 0.3) is 0 Å². The Kier molecular flexibility index (Phi) is 3.12. The first kappa shape index (κ1) is 10.6. The Hall–Kier alpha value is -1.94. The molecule has 0 saturated heterocycles. The molecule has 0 atom stereocenters. The summed E-state index contributed by atoms with van der Waals surface area (Å²) in [4.78, 5) is 19.2. The third-order valence-electron chi connectivity index (χ3n) is 1.89. The molecule has 1 aromatic carbocycles. The number of benzene rings is 1. The van der Waals surface area contributed by atoms with Gasteiger partial charge in [0.2, 0.25) is 5.28 Å². The van der Waals surface area contributed by atoms with Crippen LogP contribution in [0.1, 0.15) is 10.5 Å². The van der Waals surface area contributed by atoms with Crippen LogP contribution >= 0.6 is 11.6 Å². The maximum Gasteiger partial charge on any atom is 0.274 e. The average molecular weight is 234 g/mol. The molecule has 1 N–H and O–H groups in total. The molecule has 16 heavy (non-hydrogen) atoms. The summed E-state index contributed by atoms with van der Waals surface area (Å²) in [5, 5.41) is 2.75. The van der Waals surface area contributed by atoms with Gasteiger partial charge in [0.15, 0.2) is 0 Å². The number of amides is 1. The number of carbonyl (C=O) groups excluding carboxylic acids is 1. The van der Waals surface area contributed by atoms with Gasteiger partial charge in [-0.05, 0) is 29.8 Å². The maximum absolute atomic E-state index is 11.7. The van der Waals surface area contributed by atoms with Crippen LogP contribution in [-0.4, -0.2) is 15.9 Å². The number of aromatic nitrogens is 2. The molecule has 0 saturated carbocycles. The van der Waals surface area contributed by atoms with Crippen molar-refractivity contribution >= 4 is 23.2 Å². The summed E-state index contributed by atoms with van der Waals surface area (Å²) in [5.41, 5.74) is 0.950. The van der Waals surface area contributed by atoms with E-state index in [0.717, 1.165) is 0 Å². The molecule has 0 spiro atoms. The number of hydrogen-bond acceptors (Lipinski definition) is 3. The minimum atomic E-state index is -0.310. The molecule has 1 amide bonds. The predicted octanol–water partition coefficient (Wildman–Crippen LogP) is 2.38. The van der Waals surface area contributed by atoms with Crippen molar-refractivity contribution in [3.05, 3.63) is 53.6 Å². The van der Waals surface area contributed by atoms with Crippen molar-refractivity contribution in [2.75, 3.05) is 5.32 Å². The van der Waals surface area contributed by atoms with Gasteiger partial charge >= 0.3 is 0 Å². The number of para-hydroxylation sites is 1. The summed E-state index contributed by atoms with van der Waals surface area (Å²) in [6.45, 7) is 0. The standard InChI is InChI=1S/C11H8ClN3O/c12-11-13-7-6-9(15-11)10(16)14-8-4-2-1-3-5-8/h1-7H,(H,14,16). The monoisotopic (exact) mass is 233 g/mol. The minimum Gasteiger partial charge on any atom is -0.321 e. The molecule has 1 aromatic heterocycles. The Morgan fingerprint density at radius 3 is 2.62 bits per heavy atom. The Morgan fingerprint density at radius 2 is 1.94 bits per heavy atom. The highest BCUT2D eigenvalue weighted by Crippen LogP contribution is 2.08. The van der Waals surface area contributed by atoms with Crippen LogP contribution in [0.15, 0.2) is 42.6 Å². The largest absolute Gasteiger partial charge is 0.321 e. The molecule has 0 fully saturated rings. The van der Waals surface area contributed by atoms with Gasteiger partial charge in [0, 0.05) is 11.9 Å². The lowest BCUT2D eigenvalue weighted by Crippen LogP contribution is -2.13. The summed E-state index contributed by atoms with van der Waals surface area (Å²) in [7, 11) is 0. The average Bonchev–Trinajstić information content (AvgIpc) is 2.30. The van der Waals surface area contributed by atoms with Crippen LogP contribution in [0.5, 0.6) is 0 Å². The first-order valence-electron chi connectivity index (χ1n) is 4.60. The lowest BCUT2D eigenvalue weighted by Gasteiger charge is -2.03. The van der Waals surface area contributed by atoms with Gasteiger partial charge in [-0.3, -0.25) is 4.79 Å². The van der Waals surface area contributed by atoms with Gasteiger partial charge in [0.1, 0.15) is 5.69 Å². The van der Waals surface area contributed by atoms with Crippen molar-refractivity contribution in [1.29, 1.82) is 0 Å². The van der Waals surface area contributed by atoms with Crippen LogP contribution in [0.4, 0.5) is 5.69 Å². The van der Waals surface area contributed by atoms with E-state index in [4.69, 9.17) is 11.6 Å². The molecular formula is C11H8ClN3O. The molecular weight excluding hydrogens is 226 g/mol. The van der Waals surface area contributed by atoms with E-state index in [1.165, 1.54) is 12.3 Å². The van der Waals surface area contributed by atoms with Gasteiger partial charge in [0.25, 0.3) is 5.91 Å². The van der Waals surface area contributed by atoms with Gasteiger partial charge in [-0.25, -0.2) is 9.97 Å². The Morgan fingerprint density at radius 1 is 1.19 bits per heavy atom. The third kappa shape index (κ3) is 2.55. The highest BCUT2D eigenvalue weighted by atomic mass is 35.5. The zero-order valence-corrected chi connectivity index (χ0v) is 8.98. The molecule has 0 radical (unpaired) electrons. The predicted molar refractivity (Wildman–Crippen MR) is 61.4 cm³/mol. The fraction of sp³-hybridized carbons (Fsp3) is 0. The van der Waals surface area contributed by atoms with Crippen LogP contribution in [0.3, 0.4) is 0 Å². The molecule has 1 heterocycles. The lowest BCUT2D eigenvalue weighted by atomic mass is 10.3.